The number of ether oxygens (including phenoxy) is 1. The van der Waals surface area contributed by atoms with E-state index in [1.54, 1.807) is 46.1 Å². The van der Waals surface area contributed by atoms with Crippen LogP contribution in [-0.2, 0) is 6.54 Å². The van der Waals surface area contributed by atoms with Crippen molar-refractivity contribution in [1.29, 1.82) is 0 Å². The van der Waals surface area contributed by atoms with Crippen molar-refractivity contribution in [1.82, 2.24) is 19.3 Å². The van der Waals surface area contributed by atoms with Gasteiger partial charge in [0.1, 0.15) is 17.1 Å². The Morgan fingerprint density at radius 1 is 1.27 bits per heavy atom. The molecule has 0 bridgehead atoms. The minimum atomic E-state index is -2.89. The van der Waals surface area contributed by atoms with Crippen LogP contribution in [0.15, 0.2) is 42.9 Å². The van der Waals surface area contributed by atoms with Crippen molar-refractivity contribution in [2.24, 2.45) is 0 Å². The van der Waals surface area contributed by atoms with Gasteiger partial charge in [-0.15, -0.1) is 0 Å². The van der Waals surface area contributed by atoms with Crippen LogP contribution in [-0.4, -0.2) is 38.3 Å². The van der Waals surface area contributed by atoms with Gasteiger partial charge in [0, 0.05) is 13.1 Å². The van der Waals surface area contributed by atoms with Gasteiger partial charge in [0.25, 0.3) is 5.91 Å². The van der Waals surface area contributed by atoms with E-state index < -0.39 is 6.61 Å². The minimum Gasteiger partial charge on any atom is -0.435 e. The SMILES string of the molecule is C[C@@H]1CCN(C(=O)c2cc3c(cc2Cl)nc(N)c2cncn23)Cc2ccc(OC(F)F)cc21. The quantitative estimate of drug-likeness (QED) is 0.460. The maximum Gasteiger partial charge on any atom is 0.387 e. The summed E-state index contributed by atoms with van der Waals surface area (Å²) in [7, 11) is 0. The summed E-state index contributed by atoms with van der Waals surface area (Å²) in [5.74, 6) is 0.288. The van der Waals surface area contributed by atoms with E-state index in [1.807, 2.05) is 6.92 Å². The molecular formula is C23H20ClF2N5O2. The molecule has 3 heterocycles. The van der Waals surface area contributed by atoms with Crippen molar-refractivity contribution >= 4 is 39.9 Å². The first-order valence-corrected chi connectivity index (χ1v) is 10.8. The van der Waals surface area contributed by atoms with Crippen molar-refractivity contribution < 1.29 is 18.3 Å². The monoisotopic (exact) mass is 471 g/mol. The Bertz CT molecular complexity index is 1390. The van der Waals surface area contributed by atoms with E-state index in [9.17, 15) is 13.6 Å². The van der Waals surface area contributed by atoms with E-state index in [4.69, 9.17) is 17.3 Å². The zero-order valence-corrected chi connectivity index (χ0v) is 18.4. The highest BCUT2D eigenvalue weighted by atomic mass is 35.5. The summed E-state index contributed by atoms with van der Waals surface area (Å²) >= 11 is 6.49. The van der Waals surface area contributed by atoms with Gasteiger partial charge in [0.15, 0.2) is 0 Å². The zero-order chi connectivity index (χ0) is 23.3. The number of halogens is 3. The van der Waals surface area contributed by atoms with Gasteiger partial charge in [-0.05, 0) is 47.7 Å². The Labute approximate surface area is 192 Å². The number of carbonyl (C=O) groups excluding carboxylic acids is 1. The van der Waals surface area contributed by atoms with Crippen LogP contribution >= 0.6 is 11.6 Å². The molecule has 0 fully saturated rings. The molecule has 1 atom stereocenters. The van der Waals surface area contributed by atoms with Crippen LogP contribution in [0.1, 0.15) is 40.7 Å². The predicted octanol–water partition coefficient (Wildman–Crippen LogP) is 4.87. The van der Waals surface area contributed by atoms with Crippen LogP contribution in [0.3, 0.4) is 0 Å². The number of alkyl halides is 2. The van der Waals surface area contributed by atoms with Crippen molar-refractivity contribution in [2.45, 2.75) is 32.4 Å². The number of imidazole rings is 1. The van der Waals surface area contributed by atoms with Crippen molar-refractivity contribution in [3.8, 4) is 5.75 Å². The second-order valence-electron chi connectivity index (χ2n) is 8.12. The molecule has 2 aromatic carbocycles. The van der Waals surface area contributed by atoms with Crippen LogP contribution in [0.5, 0.6) is 5.75 Å². The Kier molecular flexibility index (Phi) is 5.28. The van der Waals surface area contributed by atoms with E-state index in [-0.39, 0.29) is 22.6 Å². The molecule has 7 nitrogen and oxygen atoms in total. The summed E-state index contributed by atoms with van der Waals surface area (Å²) in [5, 5.41) is 0.275. The molecule has 10 heteroatoms. The molecule has 0 aliphatic carbocycles. The van der Waals surface area contributed by atoms with Gasteiger partial charge >= 0.3 is 6.61 Å². The number of hydrogen-bond donors (Lipinski definition) is 1. The largest absolute Gasteiger partial charge is 0.435 e. The van der Waals surface area contributed by atoms with E-state index in [2.05, 4.69) is 14.7 Å². The summed E-state index contributed by atoms with van der Waals surface area (Å²) in [6.07, 6.45) is 3.89. The number of anilines is 1. The summed E-state index contributed by atoms with van der Waals surface area (Å²) in [6.45, 7) is -0.0472. The Morgan fingerprint density at radius 2 is 2.09 bits per heavy atom. The first-order chi connectivity index (χ1) is 15.8. The molecular weight excluding hydrogens is 452 g/mol. The average Bonchev–Trinajstić information content (AvgIpc) is 3.21. The van der Waals surface area contributed by atoms with E-state index in [1.165, 1.54) is 6.07 Å². The fourth-order valence-corrected chi connectivity index (χ4v) is 4.59. The predicted molar refractivity (Wildman–Crippen MR) is 121 cm³/mol. The molecule has 0 spiro atoms. The first kappa shape index (κ1) is 21.4. The molecule has 0 unspecified atom stereocenters. The number of nitrogens with zero attached hydrogens (tertiary/aromatic N) is 4. The number of benzene rings is 2. The van der Waals surface area contributed by atoms with Gasteiger partial charge in [0.05, 0.1) is 34.1 Å². The van der Waals surface area contributed by atoms with Gasteiger partial charge in [-0.1, -0.05) is 24.6 Å². The maximum absolute atomic E-state index is 13.5. The van der Waals surface area contributed by atoms with Crippen LogP contribution in [0.2, 0.25) is 5.02 Å². The molecule has 0 radical (unpaired) electrons. The van der Waals surface area contributed by atoms with Gasteiger partial charge in [-0.3, -0.25) is 9.20 Å². The lowest BCUT2D eigenvalue weighted by molar-refractivity contribution is -0.0499. The number of nitrogens with two attached hydrogens (primary N) is 1. The van der Waals surface area contributed by atoms with E-state index in [0.717, 1.165) is 11.1 Å². The fourth-order valence-electron chi connectivity index (χ4n) is 4.35. The normalized spacial score (nSPS) is 16.3. The highest BCUT2D eigenvalue weighted by Gasteiger charge is 2.26. The topological polar surface area (TPSA) is 85.8 Å². The number of carbonyl (C=O) groups is 1. The molecule has 5 rings (SSSR count). The van der Waals surface area contributed by atoms with E-state index in [0.29, 0.717) is 47.4 Å². The number of aromatic nitrogens is 3. The van der Waals surface area contributed by atoms with Crippen LogP contribution < -0.4 is 10.5 Å². The Balaban J connectivity index is 1.51. The standard InChI is InChI=1S/C23H20ClF2N5O2/c1-12-4-5-30(10-13-2-3-14(6-15(12)13)33-23(25)26)22(32)16-7-19-18(8-17(16)24)29-21(27)20-9-28-11-31(19)20/h2-3,6-9,11-12,23H,4-5,10H2,1H3,(H2,27,29)/t12-/m1/s1. The third-order valence-electron chi connectivity index (χ3n) is 6.05. The Hall–Kier alpha value is -3.46. The number of rotatable bonds is 3. The summed E-state index contributed by atoms with van der Waals surface area (Å²) in [4.78, 5) is 23.8. The summed E-state index contributed by atoms with van der Waals surface area (Å²) < 4.78 is 31.6. The number of amides is 1. The number of hydrogen-bond acceptors (Lipinski definition) is 5. The van der Waals surface area contributed by atoms with Crippen molar-refractivity contribution in [3.63, 3.8) is 0 Å². The van der Waals surface area contributed by atoms with Crippen LogP contribution in [0, 0.1) is 0 Å². The molecule has 1 aliphatic heterocycles. The highest BCUT2D eigenvalue weighted by molar-refractivity contribution is 6.34. The molecule has 2 aromatic heterocycles. The molecule has 0 saturated carbocycles. The lowest BCUT2D eigenvalue weighted by atomic mass is 9.94. The van der Waals surface area contributed by atoms with Gasteiger partial charge in [-0.2, -0.15) is 8.78 Å². The smallest absolute Gasteiger partial charge is 0.387 e. The van der Waals surface area contributed by atoms with Gasteiger partial charge in [-0.25, -0.2) is 9.97 Å². The molecule has 0 saturated heterocycles. The third kappa shape index (κ3) is 3.82. The molecule has 2 N–H and O–H groups in total. The van der Waals surface area contributed by atoms with Gasteiger partial charge in [0.2, 0.25) is 0 Å². The maximum atomic E-state index is 13.5. The molecule has 170 valence electrons. The first-order valence-electron chi connectivity index (χ1n) is 10.4. The van der Waals surface area contributed by atoms with Gasteiger partial charge < -0.3 is 15.4 Å². The Morgan fingerprint density at radius 3 is 2.88 bits per heavy atom. The highest BCUT2D eigenvalue weighted by Crippen LogP contribution is 2.33. The second-order valence-corrected chi connectivity index (χ2v) is 8.53. The molecule has 1 amide bonds. The molecule has 33 heavy (non-hydrogen) atoms. The molecule has 1 aliphatic rings. The minimum absolute atomic E-state index is 0.0730. The fraction of sp³-hybridized carbons (Fsp3) is 0.261. The lowest BCUT2D eigenvalue weighted by Gasteiger charge is -2.22. The lowest BCUT2D eigenvalue weighted by Crippen LogP contribution is -2.31. The molecule has 4 aromatic rings. The third-order valence-corrected chi connectivity index (χ3v) is 6.36. The van der Waals surface area contributed by atoms with E-state index >= 15 is 0 Å². The van der Waals surface area contributed by atoms with Crippen molar-refractivity contribution in [2.75, 3.05) is 12.3 Å². The van der Waals surface area contributed by atoms with Crippen LogP contribution in [0.25, 0.3) is 16.6 Å². The average molecular weight is 472 g/mol. The van der Waals surface area contributed by atoms with Crippen molar-refractivity contribution in [3.05, 3.63) is 64.6 Å². The summed E-state index contributed by atoms with van der Waals surface area (Å²) in [6, 6.07) is 8.20. The number of fused-ring (bicyclic) bond motifs is 4. The zero-order valence-electron chi connectivity index (χ0n) is 17.6. The summed E-state index contributed by atoms with van der Waals surface area (Å²) in [5.41, 5.74) is 10.00. The number of nitrogen functional groups attached to an aromatic ring is 1. The second kappa shape index (κ2) is 8.15. The van der Waals surface area contributed by atoms with Crippen LogP contribution in [0.4, 0.5) is 14.6 Å².